The molecule has 1 rings (SSSR count). The van der Waals surface area contributed by atoms with Crippen molar-refractivity contribution in [2.24, 2.45) is 0 Å². The minimum Gasteiger partial charge on any atom is -0.355 e. The molecule has 2 N–H and O–H groups in total. The lowest BCUT2D eigenvalue weighted by Gasteiger charge is -2.20. The molecule has 0 bridgehead atoms. The highest BCUT2D eigenvalue weighted by Gasteiger charge is 2.12. The largest absolute Gasteiger partial charge is 0.355 e. The first-order chi connectivity index (χ1) is 7.97. The lowest BCUT2D eigenvalue weighted by molar-refractivity contribution is -0.121. The van der Waals surface area contributed by atoms with Gasteiger partial charge in [-0.15, -0.1) is 0 Å². The minimum atomic E-state index is 0.0931. The standard InChI is InChI=1S/C13H27N3O/c1-13(2,3)15-7-6-12(17)14-8-11-16-9-4-5-10-16/h15H,4-11H2,1-3H3,(H,14,17). The molecule has 0 radical (unpaired) electrons. The van der Waals surface area contributed by atoms with Crippen LogP contribution < -0.4 is 10.6 Å². The Balaban J connectivity index is 1.97. The summed E-state index contributed by atoms with van der Waals surface area (Å²) < 4.78 is 0. The molecule has 1 aliphatic rings. The zero-order chi connectivity index (χ0) is 12.7. The van der Waals surface area contributed by atoms with Gasteiger partial charge in [-0.05, 0) is 46.7 Å². The molecule has 100 valence electrons. The second-order valence-electron chi connectivity index (χ2n) is 5.83. The summed E-state index contributed by atoms with van der Waals surface area (Å²) in [7, 11) is 0. The summed E-state index contributed by atoms with van der Waals surface area (Å²) in [5.74, 6) is 0.154. The van der Waals surface area contributed by atoms with Crippen molar-refractivity contribution < 1.29 is 4.79 Å². The molecule has 1 heterocycles. The second kappa shape index (κ2) is 6.97. The van der Waals surface area contributed by atoms with Crippen molar-refractivity contribution in [2.45, 2.75) is 45.6 Å². The van der Waals surface area contributed by atoms with E-state index in [4.69, 9.17) is 0 Å². The van der Waals surface area contributed by atoms with Crippen LogP contribution in [0.3, 0.4) is 0 Å². The van der Waals surface area contributed by atoms with Crippen molar-refractivity contribution in [1.29, 1.82) is 0 Å². The van der Waals surface area contributed by atoms with E-state index in [1.807, 2.05) is 0 Å². The van der Waals surface area contributed by atoms with Crippen LogP contribution in [0.4, 0.5) is 0 Å². The average Bonchev–Trinajstić information content (AvgIpc) is 2.68. The van der Waals surface area contributed by atoms with Gasteiger partial charge in [0, 0.05) is 31.6 Å². The average molecular weight is 241 g/mol. The molecule has 0 aliphatic carbocycles. The molecule has 0 saturated carbocycles. The molecule has 0 aromatic rings. The van der Waals surface area contributed by atoms with E-state index < -0.39 is 0 Å². The zero-order valence-corrected chi connectivity index (χ0v) is 11.5. The Morgan fingerprint density at radius 1 is 1.18 bits per heavy atom. The molecule has 0 spiro atoms. The van der Waals surface area contributed by atoms with Gasteiger partial charge in [-0.3, -0.25) is 4.79 Å². The van der Waals surface area contributed by atoms with E-state index in [1.165, 1.54) is 25.9 Å². The number of rotatable bonds is 6. The number of hydrogen-bond acceptors (Lipinski definition) is 3. The fraction of sp³-hybridized carbons (Fsp3) is 0.923. The van der Waals surface area contributed by atoms with E-state index in [0.29, 0.717) is 6.42 Å². The van der Waals surface area contributed by atoms with Crippen LogP contribution >= 0.6 is 0 Å². The number of carbonyl (C=O) groups excluding carboxylic acids is 1. The first-order valence-corrected chi connectivity index (χ1v) is 6.71. The summed E-state index contributed by atoms with van der Waals surface area (Å²) in [5.41, 5.74) is 0.0931. The third-order valence-corrected chi connectivity index (χ3v) is 2.96. The van der Waals surface area contributed by atoms with Gasteiger partial charge in [-0.25, -0.2) is 0 Å². The highest BCUT2D eigenvalue weighted by molar-refractivity contribution is 5.76. The van der Waals surface area contributed by atoms with Crippen molar-refractivity contribution in [2.75, 3.05) is 32.7 Å². The molecule has 4 nitrogen and oxygen atoms in total. The monoisotopic (exact) mass is 241 g/mol. The van der Waals surface area contributed by atoms with E-state index in [0.717, 1.165) is 19.6 Å². The van der Waals surface area contributed by atoms with Gasteiger partial charge in [-0.2, -0.15) is 0 Å². The number of amides is 1. The summed E-state index contributed by atoms with van der Waals surface area (Å²) in [6, 6.07) is 0. The summed E-state index contributed by atoms with van der Waals surface area (Å²) in [6.45, 7) is 11.3. The van der Waals surface area contributed by atoms with Gasteiger partial charge in [0.25, 0.3) is 0 Å². The summed E-state index contributed by atoms with van der Waals surface area (Å²) >= 11 is 0. The van der Waals surface area contributed by atoms with E-state index >= 15 is 0 Å². The van der Waals surface area contributed by atoms with Crippen LogP contribution in [-0.2, 0) is 4.79 Å². The van der Waals surface area contributed by atoms with Gasteiger partial charge >= 0.3 is 0 Å². The van der Waals surface area contributed by atoms with Crippen LogP contribution in [0.15, 0.2) is 0 Å². The SMILES string of the molecule is CC(C)(C)NCCC(=O)NCCN1CCCC1. The Labute approximate surface area is 105 Å². The number of hydrogen-bond donors (Lipinski definition) is 2. The Morgan fingerprint density at radius 3 is 2.41 bits per heavy atom. The molecule has 1 amide bonds. The third-order valence-electron chi connectivity index (χ3n) is 2.96. The predicted octanol–water partition coefficient (Wildman–Crippen LogP) is 0.977. The first kappa shape index (κ1) is 14.5. The summed E-state index contributed by atoms with van der Waals surface area (Å²) in [4.78, 5) is 13.9. The van der Waals surface area contributed by atoms with Crippen LogP contribution in [0, 0.1) is 0 Å². The van der Waals surface area contributed by atoms with Crippen LogP contribution in [0.1, 0.15) is 40.0 Å². The number of nitrogens with zero attached hydrogens (tertiary/aromatic N) is 1. The molecular formula is C13H27N3O. The van der Waals surface area contributed by atoms with Crippen LogP contribution in [0.2, 0.25) is 0 Å². The summed E-state index contributed by atoms with van der Waals surface area (Å²) in [6.07, 6.45) is 3.18. The van der Waals surface area contributed by atoms with Crippen molar-refractivity contribution in [1.82, 2.24) is 15.5 Å². The maximum absolute atomic E-state index is 11.5. The third kappa shape index (κ3) is 7.34. The van der Waals surface area contributed by atoms with Gasteiger partial charge in [0.1, 0.15) is 0 Å². The quantitative estimate of drug-likeness (QED) is 0.728. The van der Waals surface area contributed by atoms with Gasteiger partial charge in [-0.1, -0.05) is 0 Å². The van der Waals surface area contributed by atoms with E-state index in [-0.39, 0.29) is 11.4 Å². The molecule has 0 aromatic carbocycles. The molecule has 1 fully saturated rings. The van der Waals surface area contributed by atoms with Crippen LogP contribution in [0.25, 0.3) is 0 Å². The second-order valence-corrected chi connectivity index (χ2v) is 5.83. The van der Waals surface area contributed by atoms with Gasteiger partial charge in [0.15, 0.2) is 0 Å². The smallest absolute Gasteiger partial charge is 0.221 e. The van der Waals surface area contributed by atoms with Crippen molar-refractivity contribution in [3.8, 4) is 0 Å². The Morgan fingerprint density at radius 2 is 1.82 bits per heavy atom. The van der Waals surface area contributed by atoms with Crippen molar-refractivity contribution >= 4 is 5.91 Å². The van der Waals surface area contributed by atoms with Crippen molar-refractivity contribution in [3.05, 3.63) is 0 Å². The highest BCUT2D eigenvalue weighted by atomic mass is 16.1. The fourth-order valence-corrected chi connectivity index (χ4v) is 2.00. The summed E-state index contributed by atoms with van der Waals surface area (Å²) in [5, 5.41) is 6.29. The van der Waals surface area contributed by atoms with Gasteiger partial charge in [0.05, 0.1) is 0 Å². The van der Waals surface area contributed by atoms with Gasteiger partial charge in [0.2, 0.25) is 5.91 Å². The fourth-order valence-electron chi connectivity index (χ4n) is 2.00. The molecule has 17 heavy (non-hydrogen) atoms. The lowest BCUT2D eigenvalue weighted by Crippen LogP contribution is -2.39. The number of likely N-dealkylation sites (tertiary alicyclic amines) is 1. The molecule has 1 saturated heterocycles. The minimum absolute atomic E-state index is 0.0931. The number of carbonyl (C=O) groups is 1. The Hall–Kier alpha value is -0.610. The molecular weight excluding hydrogens is 214 g/mol. The van der Waals surface area contributed by atoms with E-state index in [1.54, 1.807) is 0 Å². The molecule has 1 aliphatic heterocycles. The Kier molecular flexibility index (Phi) is 5.92. The number of nitrogens with one attached hydrogen (secondary N) is 2. The Bertz CT molecular complexity index is 229. The maximum atomic E-state index is 11.5. The van der Waals surface area contributed by atoms with Crippen LogP contribution in [-0.4, -0.2) is 49.1 Å². The maximum Gasteiger partial charge on any atom is 0.221 e. The normalized spacial score (nSPS) is 17.4. The predicted molar refractivity (Wildman–Crippen MR) is 71.1 cm³/mol. The molecule has 4 heteroatoms. The molecule has 0 unspecified atom stereocenters. The van der Waals surface area contributed by atoms with E-state index in [2.05, 4.69) is 36.3 Å². The van der Waals surface area contributed by atoms with E-state index in [9.17, 15) is 4.79 Å². The molecule has 0 aromatic heterocycles. The first-order valence-electron chi connectivity index (χ1n) is 6.71. The van der Waals surface area contributed by atoms with Crippen molar-refractivity contribution in [3.63, 3.8) is 0 Å². The topological polar surface area (TPSA) is 44.4 Å². The zero-order valence-electron chi connectivity index (χ0n) is 11.5. The van der Waals surface area contributed by atoms with Gasteiger partial charge < -0.3 is 15.5 Å². The molecule has 0 atom stereocenters. The highest BCUT2D eigenvalue weighted by Crippen LogP contribution is 2.05. The lowest BCUT2D eigenvalue weighted by atomic mass is 10.1. The van der Waals surface area contributed by atoms with Crippen LogP contribution in [0.5, 0.6) is 0 Å².